The zero-order valence-electron chi connectivity index (χ0n) is 20.6. The molecule has 0 aliphatic carbocycles. The highest BCUT2D eigenvalue weighted by atomic mass is 32.2. The molecule has 1 aliphatic rings. The van der Waals surface area contributed by atoms with Gasteiger partial charge in [-0.1, -0.05) is 18.7 Å². The topological polar surface area (TPSA) is 82.1 Å². The minimum absolute atomic E-state index is 0.124. The van der Waals surface area contributed by atoms with Gasteiger partial charge in [-0.15, -0.1) is 0 Å². The zero-order valence-corrected chi connectivity index (χ0v) is 21.5. The Bertz CT molecular complexity index is 1290. The van der Waals surface area contributed by atoms with Gasteiger partial charge in [0.05, 0.1) is 29.4 Å². The smallest absolute Gasteiger partial charge is 0.358 e. The summed E-state index contributed by atoms with van der Waals surface area (Å²) in [6.45, 7) is 5.56. The summed E-state index contributed by atoms with van der Waals surface area (Å²) in [5.74, 6) is -0.270. The Labute approximate surface area is 213 Å². The summed E-state index contributed by atoms with van der Waals surface area (Å²) in [5.41, 5.74) is -1.31. The summed E-state index contributed by atoms with van der Waals surface area (Å²) in [6, 6.07) is 8.38. The fraction of sp³-hybridized carbons (Fsp3) is 0.360. The van der Waals surface area contributed by atoms with E-state index < -0.39 is 33.1 Å². The molecule has 200 valence electrons. The van der Waals surface area contributed by atoms with Crippen molar-refractivity contribution in [2.75, 3.05) is 20.6 Å². The molecule has 12 heteroatoms. The van der Waals surface area contributed by atoms with Gasteiger partial charge in [0.1, 0.15) is 11.4 Å². The van der Waals surface area contributed by atoms with Crippen molar-refractivity contribution in [3.05, 3.63) is 77.8 Å². The van der Waals surface area contributed by atoms with Crippen molar-refractivity contribution < 1.29 is 30.8 Å². The molecule has 0 fully saturated rings. The van der Waals surface area contributed by atoms with Gasteiger partial charge in [-0.05, 0) is 55.3 Å². The second kappa shape index (κ2) is 10.5. The lowest BCUT2D eigenvalue weighted by molar-refractivity contribution is -0.137. The van der Waals surface area contributed by atoms with E-state index in [1.54, 1.807) is 21.0 Å². The van der Waals surface area contributed by atoms with Gasteiger partial charge in [0.25, 0.3) is 10.0 Å². The molecule has 0 radical (unpaired) electrons. The number of amides is 1. The molecule has 0 saturated heterocycles. The van der Waals surface area contributed by atoms with E-state index in [4.69, 9.17) is 0 Å². The van der Waals surface area contributed by atoms with E-state index >= 15 is 0 Å². The van der Waals surface area contributed by atoms with Crippen LogP contribution in [-0.4, -0.2) is 55.5 Å². The zero-order chi connectivity index (χ0) is 27.6. The molecule has 1 aliphatic heterocycles. The summed E-state index contributed by atoms with van der Waals surface area (Å²) < 4.78 is 80.2. The number of rotatable bonds is 9. The van der Waals surface area contributed by atoms with Crippen molar-refractivity contribution in [3.8, 4) is 0 Å². The summed E-state index contributed by atoms with van der Waals surface area (Å²) in [5, 5.41) is 3.09. The number of nitrogens with zero attached hydrogens (tertiary/aromatic N) is 3. The van der Waals surface area contributed by atoms with Crippen LogP contribution in [0, 0.1) is 5.82 Å². The summed E-state index contributed by atoms with van der Waals surface area (Å²) in [7, 11) is -0.956. The fourth-order valence-electron chi connectivity index (χ4n) is 3.86. The number of likely N-dealkylation sites (N-methyl/N-ethyl adjacent to an activating group) is 1. The van der Waals surface area contributed by atoms with Gasteiger partial charge < -0.3 is 10.2 Å². The number of sulfonamides is 1. The summed E-state index contributed by atoms with van der Waals surface area (Å²) >= 11 is 0. The molecule has 3 rings (SSSR count). The number of amidine groups is 1. The van der Waals surface area contributed by atoms with Crippen LogP contribution in [0.5, 0.6) is 0 Å². The molecular formula is C25H28F4N4O3S. The Morgan fingerprint density at radius 3 is 2.24 bits per heavy atom. The minimum Gasteiger partial charge on any atom is -0.358 e. The predicted molar refractivity (Wildman–Crippen MR) is 131 cm³/mol. The molecule has 0 bridgehead atoms. The van der Waals surface area contributed by atoms with E-state index in [0.717, 1.165) is 40.7 Å². The van der Waals surface area contributed by atoms with Gasteiger partial charge in [-0.2, -0.15) is 13.2 Å². The van der Waals surface area contributed by atoms with Crippen LogP contribution < -0.4 is 5.32 Å². The second-order valence-electron chi connectivity index (χ2n) is 9.15. The van der Waals surface area contributed by atoms with Gasteiger partial charge >= 0.3 is 6.18 Å². The molecule has 1 atom stereocenters. The molecule has 2 aromatic rings. The quantitative estimate of drug-likeness (QED) is 0.484. The largest absolute Gasteiger partial charge is 0.416 e. The number of benzene rings is 2. The number of allylic oxidation sites excluding steroid dienone is 1. The van der Waals surface area contributed by atoms with Crippen molar-refractivity contribution in [1.82, 2.24) is 14.5 Å². The van der Waals surface area contributed by atoms with Gasteiger partial charge in [0, 0.05) is 26.2 Å². The minimum atomic E-state index is -4.53. The monoisotopic (exact) mass is 540 g/mol. The van der Waals surface area contributed by atoms with Crippen molar-refractivity contribution in [2.24, 2.45) is 4.99 Å². The van der Waals surface area contributed by atoms with Crippen LogP contribution in [0.15, 0.2) is 70.7 Å². The normalized spacial score (nSPS) is 17.6. The first-order chi connectivity index (χ1) is 17.1. The Morgan fingerprint density at radius 1 is 1.11 bits per heavy atom. The number of carbonyl (C=O) groups is 1. The van der Waals surface area contributed by atoms with Crippen molar-refractivity contribution in [2.45, 2.75) is 42.9 Å². The number of nitrogens with one attached hydrogen (secondary N) is 1. The molecular weight excluding hydrogens is 512 g/mol. The number of alkyl halides is 3. The van der Waals surface area contributed by atoms with Crippen LogP contribution in [0.1, 0.15) is 30.9 Å². The van der Waals surface area contributed by atoms with E-state index in [2.05, 4.69) is 16.9 Å². The molecule has 1 heterocycles. The van der Waals surface area contributed by atoms with Crippen LogP contribution in [0.3, 0.4) is 0 Å². The summed E-state index contributed by atoms with van der Waals surface area (Å²) in [4.78, 5) is 18.1. The van der Waals surface area contributed by atoms with Crippen LogP contribution >= 0.6 is 0 Å². The third kappa shape index (κ3) is 6.48. The molecule has 37 heavy (non-hydrogen) atoms. The van der Waals surface area contributed by atoms with Crippen LogP contribution in [-0.2, 0) is 27.5 Å². The number of hydrogen-bond acceptors (Lipinski definition) is 5. The maximum absolute atomic E-state index is 13.4. The van der Waals surface area contributed by atoms with E-state index in [-0.39, 0.29) is 42.4 Å². The van der Waals surface area contributed by atoms with E-state index in [9.17, 15) is 30.8 Å². The number of hydrogen-bond donors (Lipinski definition) is 1. The average Bonchev–Trinajstić information content (AvgIpc) is 3.22. The van der Waals surface area contributed by atoms with Crippen LogP contribution in [0.25, 0.3) is 0 Å². The molecule has 1 N–H and O–H groups in total. The van der Waals surface area contributed by atoms with Crippen molar-refractivity contribution in [1.29, 1.82) is 0 Å². The Hall–Kier alpha value is -3.41. The summed E-state index contributed by atoms with van der Waals surface area (Å²) in [6.07, 6.45) is -4.16. The highest BCUT2D eigenvalue weighted by Crippen LogP contribution is 2.30. The molecule has 7 nitrogen and oxygen atoms in total. The molecule has 0 unspecified atom stereocenters. The SMILES string of the molecule is C=C(CCC1=NC[C@](C)(C(=O)N(C)C)N1)N(Cc1ccc(C(F)(F)F)cc1)S(=O)(=O)c1ccc(F)cc1. The average molecular weight is 541 g/mol. The lowest BCUT2D eigenvalue weighted by Crippen LogP contribution is -2.54. The van der Waals surface area contributed by atoms with Gasteiger partial charge in [0.2, 0.25) is 5.91 Å². The number of aliphatic imine (C=N–C) groups is 1. The highest BCUT2D eigenvalue weighted by Gasteiger charge is 2.39. The van der Waals surface area contributed by atoms with Crippen molar-refractivity contribution in [3.63, 3.8) is 0 Å². The Morgan fingerprint density at radius 2 is 1.70 bits per heavy atom. The number of halogens is 4. The lowest BCUT2D eigenvalue weighted by atomic mass is 10.0. The van der Waals surface area contributed by atoms with E-state index in [0.29, 0.717) is 11.4 Å². The van der Waals surface area contributed by atoms with Crippen molar-refractivity contribution >= 4 is 21.8 Å². The molecule has 1 amide bonds. The molecule has 0 aromatic heterocycles. The predicted octanol–water partition coefficient (Wildman–Crippen LogP) is 4.18. The Kier molecular flexibility index (Phi) is 8.01. The van der Waals surface area contributed by atoms with Gasteiger partial charge in [-0.25, -0.2) is 12.8 Å². The Balaban J connectivity index is 1.82. The standard InChI is InChI=1S/C25H28F4N4O3S/c1-17(5-14-22-30-16-24(2,31-22)23(34)32(3)4)33(37(35,36)21-12-10-20(26)11-13-21)15-18-6-8-19(9-7-18)25(27,28)29/h6-13H,1,5,14-16H2,2-4H3,(H,30,31)/t24-/m1/s1. The highest BCUT2D eigenvalue weighted by molar-refractivity contribution is 7.89. The second-order valence-corrected chi connectivity index (χ2v) is 11.0. The number of carbonyl (C=O) groups excluding carboxylic acids is 1. The van der Waals surface area contributed by atoms with Gasteiger partial charge in [-0.3, -0.25) is 14.1 Å². The first kappa shape index (κ1) is 28.2. The first-order valence-corrected chi connectivity index (χ1v) is 12.7. The molecule has 2 aromatic carbocycles. The first-order valence-electron chi connectivity index (χ1n) is 11.3. The molecule has 0 spiro atoms. The fourth-order valence-corrected chi connectivity index (χ4v) is 5.34. The maximum atomic E-state index is 13.4. The van der Waals surface area contributed by atoms with E-state index in [1.807, 2.05) is 0 Å². The maximum Gasteiger partial charge on any atom is 0.416 e. The van der Waals surface area contributed by atoms with Crippen LogP contribution in [0.2, 0.25) is 0 Å². The van der Waals surface area contributed by atoms with E-state index in [1.165, 1.54) is 17.0 Å². The molecule has 0 saturated carbocycles. The third-order valence-electron chi connectivity index (χ3n) is 5.90. The lowest BCUT2D eigenvalue weighted by Gasteiger charge is -2.28. The van der Waals surface area contributed by atoms with Crippen LogP contribution in [0.4, 0.5) is 17.6 Å². The third-order valence-corrected chi connectivity index (χ3v) is 7.73. The van der Waals surface area contributed by atoms with Gasteiger partial charge in [0.15, 0.2) is 0 Å².